The zero-order valence-electron chi connectivity index (χ0n) is 17.2. The highest BCUT2D eigenvalue weighted by molar-refractivity contribution is 5.23. The van der Waals surface area contributed by atoms with Crippen LogP contribution in [0.1, 0.15) is 63.0 Å². The number of rotatable bonds is 9. The molecular formula is C25H38O. The van der Waals surface area contributed by atoms with Gasteiger partial charge in [0.15, 0.2) is 0 Å². The third kappa shape index (κ3) is 13.3. The number of benzene rings is 2. The van der Waals surface area contributed by atoms with Crippen LogP contribution in [0.2, 0.25) is 0 Å². The van der Waals surface area contributed by atoms with Gasteiger partial charge < -0.3 is 4.74 Å². The van der Waals surface area contributed by atoms with E-state index in [4.69, 9.17) is 4.74 Å². The van der Waals surface area contributed by atoms with Crippen molar-refractivity contribution in [3.63, 3.8) is 0 Å². The molecule has 0 unspecified atom stereocenters. The highest BCUT2D eigenvalue weighted by atomic mass is 16.5. The lowest BCUT2D eigenvalue weighted by molar-refractivity contribution is 0.304. The van der Waals surface area contributed by atoms with Crippen molar-refractivity contribution in [2.45, 2.75) is 65.7 Å². The van der Waals surface area contributed by atoms with Crippen LogP contribution in [0.4, 0.5) is 0 Å². The molecule has 26 heavy (non-hydrogen) atoms. The molecule has 2 rings (SSSR count). The minimum atomic E-state index is 0.859. The van der Waals surface area contributed by atoms with Crippen LogP contribution in [-0.4, -0.2) is 6.61 Å². The summed E-state index contributed by atoms with van der Waals surface area (Å²) in [6.07, 6.45) is 9.35. The molecule has 0 bridgehead atoms. The molecule has 1 nitrogen and oxygen atoms in total. The van der Waals surface area contributed by atoms with Crippen molar-refractivity contribution in [2.24, 2.45) is 0 Å². The molecule has 0 atom stereocenters. The molecule has 0 saturated carbocycles. The highest BCUT2D eigenvalue weighted by Gasteiger charge is 1.93. The predicted molar refractivity (Wildman–Crippen MR) is 117 cm³/mol. The fourth-order valence-corrected chi connectivity index (χ4v) is 2.43. The van der Waals surface area contributed by atoms with Crippen LogP contribution >= 0.6 is 0 Å². The Morgan fingerprint density at radius 3 is 1.62 bits per heavy atom. The van der Waals surface area contributed by atoms with Crippen LogP contribution in [0.15, 0.2) is 67.8 Å². The van der Waals surface area contributed by atoms with Gasteiger partial charge >= 0.3 is 0 Å². The first kappa shape index (κ1) is 24.0. The highest BCUT2D eigenvalue weighted by Crippen LogP contribution is 2.10. The van der Waals surface area contributed by atoms with Crippen LogP contribution in [0.25, 0.3) is 0 Å². The topological polar surface area (TPSA) is 9.23 Å². The number of hydrogen-bond acceptors (Lipinski definition) is 1. The number of ether oxygens (including phenoxy) is 1. The normalized spacial score (nSPS) is 9.35. The molecule has 0 fully saturated rings. The average molecular weight is 355 g/mol. The number of para-hydroxylation sites is 1. The molecular weight excluding hydrogens is 316 g/mol. The summed E-state index contributed by atoms with van der Waals surface area (Å²) in [5, 5.41) is 0. The van der Waals surface area contributed by atoms with Crippen LogP contribution in [0.3, 0.4) is 0 Å². The third-order valence-electron chi connectivity index (χ3n) is 4.19. The van der Waals surface area contributed by atoms with Crippen molar-refractivity contribution < 1.29 is 4.74 Å². The molecule has 0 N–H and O–H groups in total. The molecule has 0 aliphatic heterocycles. The Morgan fingerprint density at radius 1 is 0.654 bits per heavy atom. The van der Waals surface area contributed by atoms with Gasteiger partial charge in [-0.05, 0) is 43.5 Å². The molecule has 2 aromatic rings. The first-order valence-corrected chi connectivity index (χ1v) is 9.94. The summed E-state index contributed by atoms with van der Waals surface area (Å²) in [6, 6.07) is 18.4. The Labute approximate surface area is 162 Å². The molecule has 0 spiro atoms. The first-order valence-electron chi connectivity index (χ1n) is 9.94. The van der Waals surface area contributed by atoms with E-state index in [0.29, 0.717) is 0 Å². The van der Waals surface area contributed by atoms with Crippen LogP contribution in [0, 0.1) is 13.8 Å². The average Bonchev–Trinajstić information content (AvgIpc) is 2.69. The number of hydrogen-bond donors (Lipinski definition) is 0. The van der Waals surface area contributed by atoms with E-state index in [0.717, 1.165) is 12.4 Å². The summed E-state index contributed by atoms with van der Waals surface area (Å²) < 4.78 is 5.63. The summed E-state index contributed by atoms with van der Waals surface area (Å²) >= 11 is 0. The minimum Gasteiger partial charge on any atom is -0.494 e. The van der Waals surface area contributed by atoms with E-state index in [2.05, 4.69) is 58.2 Å². The van der Waals surface area contributed by atoms with Gasteiger partial charge in [0.2, 0.25) is 0 Å². The van der Waals surface area contributed by atoms with Crippen LogP contribution in [-0.2, 0) is 0 Å². The monoisotopic (exact) mass is 354 g/mol. The van der Waals surface area contributed by atoms with E-state index in [9.17, 15) is 0 Å². The van der Waals surface area contributed by atoms with E-state index >= 15 is 0 Å². The first-order chi connectivity index (χ1) is 12.7. The minimum absolute atomic E-state index is 0.859. The number of unbranched alkanes of at least 4 members (excludes halogenated alkanes) is 6. The van der Waals surface area contributed by atoms with Crippen molar-refractivity contribution in [1.82, 2.24) is 0 Å². The summed E-state index contributed by atoms with van der Waals surface area (Å²) in [6.45, 7) is 13.4. The van der Waals surface area contributed by atoms with Gasteiger partial charge in [-0.25, -0.2) is 0 Å². The molecule has 2 aromatic carbocycles. The largest absolute Gasteiger partial charge is 0.494 e. The lowest BCUT2D eigenvalue weighted by atomic mass is 10.1. The van der Waals surface area contributed by atoms with E-state index in [1.54, 1.807) is 0 Å². The lowest BCUT2D eigenvalue weighted by Gasteiger charge is -2.05. The Bertz CT molecular complexity index is 512. The molecule has 0 heterocycles. The Kier molecular flexibility index (Phi) is 16.4. The predicted octanol–water partition coefficient (Wildman–Crippen LogP) is 7.92. The maximum atomic E-state index is 5.63. The standard InChI is InChI=1S/C15H24O.C8H10.C2H4/c1-2-3-4-5-6-7-11-14-16-15-12-9-8-10-13-15;1-7-5-3-4-6-8(7)2;1-2/h8-10,12-13H,2-7,11,14H2,1H3;3-6H,1-2H3;1-2H2. The molecule has 0 radical (unpaired) electrons. The van der Waals surface area contributed by atoms with Gasteiger partial charge in [-0.1, -0.05) is 87.9 Å². The van der Waals surface area contributed by atoms with Crippen molar-refractivity contribution in [3.05, 3.63) is 78.9 Å². The van der Waals surface area contributed by atoms with Crippen LogP contribution < -0.4 is 4.74 Å². The summed E-state index contributed by atoms with van der Waals surface area (Å²) in [4.78, 5) is 0. The van der Waals surface area contributed by atoms with E-state index in [-0.39, 0.29) is 0 Å². The summed E-state index contributed by atoms with van der Waals surface area (Å²) in [5.74, 6) is 0.994. The number of aryl methyl sites for hydroxylation is 2. The molecule has 0 aliphatic rings. The fourth-order valence-electron chi connectivity index (χ4n) is 2.43. The smallest absolute Gasteiger partial charge is 0.119 e. The van der Waals surface area contributed by atoms with Crippen LogP contribution in [0.5, 0.6) is 5.75 Å². The quantitative estimate of drug-likeness (QED) is 0.328. The zero-order valence-corrected chi connectivity index (χ0v) is 17.2. The molecule has 1 heteroatoms. The second-order valence-corrected chi connectivity index (χ2v) is 6.37. The Balaban J connectivity index is 0.000000522. The van der Waals surface area contributed by atoms with Gasteiger partial charge in [-0.2, -0.15) is 0 Å². The maximum Gasteiger partial charge on any atom is 0.119 e. The molecule has 144 valence electrons. The van der Waals surface area contributed by atoms with Crippen molar-refractivity contribution in [3.8, 4) is 5.75 Å². The summed E-state index contributed by atoms with van der Waals surface area (Å²) in [7, 11) is 0. The van der Waals surface area contributed by atoms with E-state index < -0.39 is 0 Å². The SMILES string of the molecule is C=C.CCCCCCCCCOc1ccccc1.Cc1ccccc1C. The van der Waals surface area contributed by atoms with Crippen molar-refractivity contribution >= 4 is 0 Å². The molecule has 0 amide bonds. The van der Waals surface area contributed by atoms with Crippen molar-refractivity contribution in [1.29, 1.82) is 0 Å². The van der Waals surface area contributed by atoms with Crippen molar-refractivity contribution in [2.75, 3.05) is 6.61 Å². The zero-order chi connectivity index (χ0) is 19.5. The second kappa shape index (κ2) is 17.8. The second-order valence-electron chi connectivity index (χ2n) is 6.37. The fraction of sp³-hybridized carbons (Fsp3) is 0.440. The molecule has 0 aromatic heterocycles. The molecule has 0 saturated heterocycles. The third-order valence-corrected chi connectivity index (χ3v) is 4.19. The van der Waals surface area contributed by atoms with Gasteiger partial charge in [0, 0.05) is 0 Å². The Hall–Kier alpha value is -2.02. The van der Waals surface area contributed by atoms with Gasteiger partial charge in [0.05, 0.1) is 6.61 Å². The maximum absolute atomic E-state index is 5.63. The van der Waals surface area contributed by atoms with Gasteiger partial charge in [-0.15, -0.1) is 13.2 Å². The van der Waals surface area contributed by atoms with Gasteiger partial charge in [0.25, 0.3) is 0 Å². The van der Waals surface area contributed by atoms with Gasteiger partial charge in [-0.3, -0.25) is 0 Å². The summed E-state index contributed by atoms with van der Waals surface area (Å²) in [5.41, 5.74) is 2.74. The Morgan fingerprint density at radius 2 is 1.12 bits per heavy atom. The van der Waals surface area contributed by atoms with E-state index in [1.807, 2.05) is 30.3 Å². The van der Waals surface area contributed by atoms with E-state index in [1.165, 1.54) is 56.1 Å². The lowest BCUT2D eigenvalue weighted by Crippen LogP contribution is -1.96. The molecule has 0 aliphatic carbocycles. The van der Waals surface area contributed by atoms with Gasteiger partial charge in [0.1, 0.15) is 5.75 Å².